The summed E-state index contributed by atoms with van der Waals surface area (Å²) in [5.41, 5.74) is 2.08. The summed E-state index contributed by atoms with van der Waals surface area (Å²) in [4.78, 5) is 16.3. The summed E-state index contributed by atoms with van der Waals surface area (Å²) < 4.78 is 76.3. The first kappa shape index (κ1) is 29.0. The molecule has 0 bridgehead atoms. The molecule has 1 N–H and O–H groups in total. The minimum absolute atomic E-state index is 0.0821. The van der Waals surface area contributed by atoms with Gasteiger partial charge >= 0.3 is 6.18 Å². The first-order chi connectivity index (χ1) is 19.4. The molecule has 0 aromatic heterocycles. The van der Waals surface area contributed by atoms with Crippen molar-refractivity contribution < 1.29 is 36.6 Å². The highest BCUT2D eigenvalue weighted by Crippen LogP contribution is 2.44. The van der Waals surface area contributed by atoms with Gasteiger partial charge in [-0.3, -0.25) is 9.80 Å². The van der Waals surface area contributed by atoms with E-state index in [1.165, 1.54) is 35.5 Å². The van der Waals surface area contributed by atoms with Crippen molar-refractivity contribution in [3.8, 4) is 0 Å². The number of carbonyl (C=O) groups excluding carboxylic acids is 1. The number of aliphatic hydroxyl groups excluding tert-OH is 1. The van der Waals surface area contributed by atoms with Gasteiger partial charge in [-0.15, -0.1) is 0 Å². The fraction of sp³-hybridized carbons (Fsp3) is 0.414. The number of nitrogens with zero attached hydrogens (tertiary/aromatic N) is 4. The van der Waals surface area contributed by atoms with Crippen LogP contribution in [0.2, 0.25) is 0 Å². The summed E-state index contributed by atoms with van der Waals surface area (Å²) in [7, 11) is 3.55. The van der Waals surface area contributed by atoms with Crippen molar-refractivity contribution >= 4 is 5.91 Å². The van der Waals surface area contributed by atoms with Crippen LogP contribution in [0.5, 0.6) is 0 Å². The lowest BCUT2D eigenvalue weighted by Gasteiger charge is -2.53. The fourth-order valence-corrected chi connectivity index (χ4v) is 5.78. The molecule has 1 amide bonds. The van der Waals surface area contributed by atoms with Gasteiger partial charge in [0.05, 0.1) is 12.6 Å². The molecular formula is C29H31F5N4O3. The maximum absolute atomic E-state index is 14.5. The van der Waals surface area contributed by atoms with Crippen molar-refractivity contribution in [3.05, 3.63) is 94.0 Å². The lowest BCUT2D eigenvalue weighted by atomic mass is 9.92. The molecule has 12 heteroatoms. The van der Waals surface area contributed by atoms with Gasteiger partial charge in [0.1, 0.15) is 36.7 Å². The van der Waals surface area contributed by atoms with Crippen LogP contribution < -0.4 is 0 Å². The Labute approximate surface area is 234 Å². The zero-order chi connectivity index (χ0) is 29.5. The molecule has 5 rings (SSSR count). The minimum Gasteiger partial charge on any atom is -0.507 e. The normalized spacial score (nSPS) is 23.0. The Morgan fingerprint density at radius 2 is 1.63 bits per heavy atom. The molecule has 3 aliphatic rings. The van der Waals surface area contributed by atoms with E-state index in [1.54, 1.807) is 42.2 Å². The number of halogens is 5. The molecule has 1 atom stereocenters. The first-order valence-corrected chi connectivity index (χ1v) is 13.3. The van der Waals surface area contributed by atoms with Gasteiger partial charge in [0.25, 0.3) is 5.91 Å². The number of hydrogen-bond donors (Lipinski definition) is 1. The van der Waals surface area contributed by atoms with E-state index in [2.05, 4.69) is 0 Å². The van der Waals surface area contributed by atoms with Crippen molar-refractivity contribution in [3.63, 3.8) is 0 Å². The van der Waals surface area contributed by atoms with Crippen molar-refractivity contribution in [2.24, 2.45) is 0 Å². The average Bonchev–Trinajstić information content (AvgIpc) is 3.03. The van der Waals surface area contributed by atoms with E-state index in [-0.39, 0.29) is 25.3 Å². The Morgan fingerprint density at radius 1 is 1.02 bits per heavy atom. The monoisotopic (exact) mass is 578 g/mol. The van der Waals surface area contributed by atoms with Gasteiger partial charge in [0.15, 0.2) is 5.70 Å². The predicted molar refractivity (Wildman–Crippen MR) is 140 cm³/mol. The summed E-state index contributed by atoms with van der Waals surface area (Å²) in [6.45, 7) is -1.53. The lowest BCUT2D eigenvalue weighted by molar-refractivity contribution is -0.199. The van der Waals surface area contributed by atoms with E-state index in [0.29, 0.717) is 41.6 Å². The molecule has 1 saturated heterocycles. The van der Waals surface area contributed by atoms with Crippen molar-refractivity contribution in [1.29, 1.82) is 0 Å². The van der Waals surface area contributed by atoms with Crippen LogP contribution in [-0.4, -0.2) is 83.6 Å². The number of benzene rings is 2. The number of rotatable bonds is 5. The molecule has 2 aromatic rings. The molecule has 0 spiro atoms. The topological polar surface area (TPSA) is 59.5 Å². The van der Waals surface area contributed by atoms with Gasteiger partial charge in [-0.05, 0) is 86.0 Å². The maximum Gasteiger partial charge on any atom is 0.406 e. The van der Waals surface area contributed by atoms with E-state index in [4.69, 9.17) is 4.74 Å². The van der Waals surface area contributed by atoms with Crippen LogP contribution in [0.1, 0.15) is 34.7 Å². The van der Waals surface area contributed by atoms with Crippen molar-refractivity contribution in [2.75, 3.05) is 40.4 Å². The van der Waals surface area contributed by atoms with E-state index in [1.807, 2.05) is 0 Å². The third-order valence-corrected chi connectivity index (χ3v) is 7.49. The molecule has 41 heavy (non-hydrogen) atoms. The molecule has 220 valence electrons. The van der Waals surface area contributed by atoms with Gasteiger partial charge in [-0.25, -0.2) is 8.78 Å². The predicted octanol–water partition coefficient (Wildman–Crippen LogP) is 4.67. The average molecular weight is 579 g/mol. The molecule has 0 radical (unpaired) electrons. The second-order valence-corrected chi connectivity index (χ2v) is 10.6. The Bertz CT molecular complexity index is 1320. The number of amides is 1. The van der Waals surface area contributed by atoms with E-state index < -0.39 is 48.2 Å². The van der Waals surface area contributed by atoms with Crippen LogP contribution in [0.3, 0.4) is 0 Å². The van der Waals surface area contributed by atoms with Crippen LogP contribution in [-0.2, 0) is 22.4 Å². The highest BCUT2D eigenvalue weighted by molar-refractivity contribution is 5.94. The second-order valence-electron chi connectivity index (χ2n) is 10.6. The van der Waals surface area contributed by atoms with Crippen LogP contribution in [0.4, 0.5) is 22.0 Å². The summed E-state index contributed by atoms with van der Waals surface area (Å²) >= 11 is 0. The lowest BCUT2D eigenvalue weighted by Crippen LogP contribution is -2.65. The van der Waals surface area contributed by atoms with Crippen LogP contribution in [0.25, 0.3) is 0 Å². The molecule has 2 heterocycles. The van der Waals surface area contributed by atoms with Gasteiger partial charge < -0.3 is 19.6 Å². The second kappa shape index (κ2) is 11.4. The highest BCUT2D eigenvalue weighted by atomic mass is 19.4. The SMILES string of the molecule is CN(C)CCC1N(CC(F)(F)F)C(=O)/C2=C(\O)COC/C=C\N2N1C1c2ccc(F)cc2CCc2cc(F)ccc21. The third-order valence-electron chi connectivity index (χ3n) is 7.49. The van der Waals surface area contributed by atoms with Gasteiger partial charge in [-0.1, -0.05) is 12.1 Å². The quantitative estimate of drug-likeness (QED) is 0.521. The molecular weight excluding hydrogens is 547 g/mol. The molecule has 2 aliphatic heterocycles. The summed E-state index contributed by atoms with van der Waals surface area (Å²) in [6, 6.07) is 7.64. The Hall–Kier alpha value is -3.48. The number of carbonyl (C=O) groups is 1. The Balaban J connectivity index is 1.80. The summed E-state index contributed by atoms with van der Waals surface area (Å²) in [5, 5.41) is 14.0. The maximum atomic E-state index is 14.5. The van der Waals surface area contributed by atoms with E-state index in [9.17, 15) is 31.9 Å². The number of hydrazine groups is 1. The number of aliphatic hydroxyl groups is 1. The molecule has 1 fully saturated rings. The highest BCUT2D eigenvalue weighted by Gasteiger charge is 2.50. The van der Waals surface area contributed by atoms with Crippen molar-refractivity contribution in [1.82, 2.24) is 19.8 Å². The Kier molecular flexibility index (Phi) is 8.09. The molecule has 2 aromatic carbocycles. The van der Waals surface area contributed by atoms with E-state index in [0.717, 1.165) is 4.90 Å². The minimum atomic E-state index is -4.74. The number of aryl methyl sites for hydroxylation is 2. The number of ether oxygens (including phenoxy) is 1. The van der Waals surface area contributed by atoms with Gasteiger partial charge in [-0.2, -0.15) is 18.2 Å². The number of alkyl halides is 3. The first-order valence-electron chi connectivity index (χ1n) is 13.3. The number of fused-ring (bicyclic) bond motifs is 3. The Morgan fingerprint density at radius 3 is 2.20 bits per heavy atom. The van der Waals surface area contributed by atoms with Crippen LogP contribution in [0.15, 0.2) is 60.1 Å². The molecule has 0 saturated carbocycles. The summed E-state index contributed by atoms with van der Waals surface area (Å²) in [6.07, 6.45) is -1.94. The zero-order valence-corrected chi connectivity index (χ0v) is 22.7. The number of hydrogen-bond acceptors (Lipinski definition) is 6. The largest absolute Gasteiger partial charge is 0.507 e. The van der Waals surface area contributed by atoms with Gasteiger partial charge in [0.2, 0.25) is 0 Å². The molecule has 7 nitrogen and oxygen atoms in total. The van der Waals surface area contributed by atoms with Gasteiger partial charge in [0, 0.05) is 12.7 Å². The standard InChI is InChI=1S/C29H31F5N4O3/c1-35(2)12-10-25-36(17-29(32,33)34)28(40)27-24(39)16-41-13-3-11-37(27)38(25)26-22-8-6-20(30)14-18(22)4-5-19-15-21(31)7-9-23(19)26/h3,6-9,11,14-15,25-26,39H,4-5,10,12-13,16-17H2,1-2H3/b11-3-,27-24+. The van der Waals surface area contributed by atoms with Crippen LogP contribution >= 0.6 is 0 Å². The van der Waals surface area contributed by atoms with Crippen LogP contribution in [0, 0.1) is 11.6 Å². The molecule has 1 aliphatic carbocycles. The van der Waals surface area contributed by atoms with Crippen molar-refractivity contribution in [2.45, 2.75) is 37.6 Å². The third kappa shape index (κ3) is 5.95. The smallest absolute Gasteiger partial charge is 0.406 e. The summed E-state index contributed by atoms with van der Waals surface area (Å²) in [5.74, 6) is -2.46. The zero-order valence-electron chi connectivity index (χ0n) is 22.7. The molecule has 1 unspecified atom stereocenters. The fourth-order valence-electron chi connectivity index (χ4n) is 5.78. The van der Waals surface area contributed by atoms with E-state index >= 15 is 0 Å².